The van der Waals surface area contributed by atoms with Crippen molar-refractivity contribution in [2.24, 2.45) is 7.05 Å². The van der Waals surface area contributed by atoms with Crippen molar-refractivity contribution in [3.05, 3.63) is 95.4 Å². The highest BCUT2D eigenvalue weighted by molar-refractivity contribution is 5.84. The molecule has 0 saturated heterocycles. The first-order valence-corrected chi connectivity index (χ1v) is 10.6. The Morgan fingerprint density at radius 1 is 0.767 bits per heavy atom. The minimum Gasteiger partial charge on any atom is -0.257 e. The van der Waals surface area contributed by atoms with Gasteiger partial charge in [0.2, 0.25) is 5.69 Å². The molecule has 0 bridgehead atoms. The van der Waals surface area contributed by atoms with Crippen LogP contribution in [-0.4, -0.2) is 4.98 Å². The third-order valence-electron chi connectivity index (χ3n) is 6.47. The number of rotatable bonds is 2. The zero-order chi connectivity index (χ0) is 21.0. The van der Waals surface area contributed by atoms with Gasteiger partial charge in [-0.15, -0.1) is 0 Å². The van der Waals surface area contributed by atoms with E-state index in [0.29, 0.717) is 0 Å². The normalized spacial score (nSPS) is 13.8. The summed E-state index contributed by atoms with van der Waals surface area (Å²) in [7, 11) is 2.14. The van der Waals surface area contributed by atoms with E-state index in [1.54, 1.807) is 0 Å². The molecule has 148 valence electrons. The molecule has 0 spiro atoms. The minimum atomic E-state index is -0.0701. The predicted molar refractivity (Wildman–Crippen MR) is 123 cm³/mol. The second kappa shape index (κ2) is 6.63. The van der Waals surface area contributed by atoms with Crippen LogP contribution in [0, 0.1) is 13.8 Å². The molecule has 0 saturated carbocycles. The smallest absolute Gasteiger partial charge is 0.212 e. The standard InChI is InChI=1S/C28H27N2/c1-18-15-25-24(22-13-11-19(2)29-27(22)28(25,3)4)16-23(18)26-14-12-21(17-30(26)5)20-9-7-6-8-10-20/h6-17H,1-5H3/q+1. The highest BCUT2D eigenvalue weighted by Crippen LogP contribution is 2.49. The van der Waals surface area contributed by atoms with Gasteiger partial charge >= 0.3 is 0 Å². The van der Waals surface area contributed by atoms with Crippen molar-refractivity contribution in [1.29, 1.82) is 0 Å². The summed E-state index contributed by atoms with van der Waals surface area (Å²) in [6.45, 7) is 8.87. The lowest BCUT2D eigenvalue weighted by Gasteiger charge is -2.21. The number of aromatic nitrogens is 2. The Balaban J connectivity index is 1.66. The van der Waals surface area contributed by atoms with E-state index in [1.807, 2.05) is 0 Å². The molecule has 2 heteroatoms. The Bertz CT molecular complexity index is 1280. The maximum Gasteiger partial charge on any atom is 0.212 e. The highest BCUT2D eigenvalue weighted by Gasteiger charge is 2.38. The van der Waals surface area contributed by atoms with Gasteiger partial charge in [0, 0.05) is 33.9 Å². The molecule has 2 aromatic heterocycles. The molecule has 2 aromatic carbocycles. The van der Waals surface area contributed by atoms with Crippen LogP contribution >= 0.6 is 0 Å². The van der Waals surface area contributed by atoms with E-state index in [0.717, 1.165) is 5.69 Å². The van der Waals surface area contributed by atoms with Crippen molar-refractivity contribution >= 4 is 0 Å². The van der Waals surface area contributed by atoms with E-state index in [9.17, 15) is 0 Å². The van der Waals surface area contributed by atoms with Gasteiger partial charge in [0.05, 0.1) is 5.69 Å². The lowest BCUT2D eigenvalue weighted by Crippen LogP contribution is -2.31. The molecule has 2 nitrogen and oxygen atoms in total. The van der Waals surface area contributed by atoms with Crippen molar-refractivity contribution in [1.82, 2.24) is 4.98 Å². The van der Waals surface area contributed by atoms with Gasteiger partial charge < -0.3 is 0 Å². The van der Waals surface area contributed by atoms with Gasteiger partial charge in [0.25, 0.3) is 0 Å². The average Bonchev–Trinajstić information content (AvgIpc) is 2.94. The van der Waals surface area contributed by atoms with Gasteiger partial charge in [0.1, 0.15) is 7.05 Å². The van der Waals surface area contributed by atoms with E-state index >= 15 is 0 Å². The van der Waals surface area contributed by atoms with Gasteiger partial charge in [0.15, 0.2) is 6.20 Å². The van der Waals surface area contributed by atoms with Crippen LogP contribution in [0.5, 0.6) is 0 Å². The lowest BCUT2D eigenvalue weighted by atomic mass is 9.83. The van der Waals surface area contributed by atoms with Crippen LogP contribution < -0.4 is 4.57 Å². The van der Waals surface area contributed by atoms with E-state index in [1.165, 1.54) is 50.3 Å². The van der Waals surface area contributed by atoms with Crippen LogP contribution in [-0.2, 0) is 12.5 Å². The first kappa shape index (κ1) is 18.7. The van der Waals surface area contributed by atoms with Gasteiger partial charge in [-0.1, -0.05) is 56.3 Å². The van der Waals surface area contributed by atoms with Gasteiger partial charge in [-0.05, 0) is 54.3 Å². The van der Waals surface area contributed by atoms with E-state index in [4.69, 9.17) is 4.98 Å². The number of hydrogen-bond acceptors (Lipinski definition) is 1. The number of hydrogen-bond donors (Lipinski definition) is 0. The fourth-order valence-electron chi connectivity index (χ4n) is 4.79. The Morgan fingerprint density at radius 3 is 2.27 bits per heavy atom. The van der Waals surface area contributed by atoms with E-state index < -0.39 is 0 Å². The van der Waals surface area contributed by atoms with Crippen molar-refractivity contribution in [3.8, 4) is 33.5 Å². The number of pyridine rings is 2. The van der Waals surface area contributed by atoms with Crippen molar-refractivity contribution in [2.45, 2.75) is 33.1 Å². The van der Waals surface area contributed by atoms with E-state index in [-0.39, 0.29) is 5.41 Å². The molecule has 30 heavy (non-hydrogen) atoms. The van der Waals surface area contributed by atoms with Gasteiger partial charge in [-0.25, -0.2) is 4.57 Å². The molecule has 4 aromatic rings. The van der Waals surface area contributed by atoms with Gasteiger partial charge in [-0.2, -0.15) is 0 Å². The highest BCUT2D eigenvalue weighted by atomic mass is 14.9. The number of nitrogens with zero attached hydrogens (tertiary/aromatic N) is 2. The molecule has 1 aliphatic rings. The largest absolute Gasteiger partial charge is 0.257 e. The van der Waals surface area contributed by atoms with Crippen LogP contribution in [0.4, 0.5) is 0 Å². The molecule has 0 fully saturated rings. The quantitative estimate of drug-likeness (QED) is 0.374. The summed E-state index contributed by atoms with van der Waals surface area (Å²) in [5.41, 5.74) is 12.4. The SMILES string of the molecule is Cc1ccc2c(n1)C(C)(C)c1cc(C)c(-c3ccc(-c4ccccc4)c[n+]3C)cc1-2. The Kier molecular flexibility index (Phi) is 4.14. The maximum absolute atomic E-state index is 4.91. The summed E-state index contributed by atoms with van der Waals surface area (Å²) in [6.07, 6.45) is 2.22. The Hall–Kier alpha value is -3.26. The number of aryl methyl sites for hydroxylation is 3. The molecule has 0 aliphatic heterocycles. The topological polar surface area (TPSA) is 16.8 Å². The lowest BCUT2D eigenvalue weighted by molar-refractivity contribution is -0.659. The predicted octanol–water partition coefficient (Wildman–Crippen LogP) is 6.16. The summed E-state index contributed by atoms with van der Waals surface area (Å²) in [6, 6.07) is 24.1. The molecular formula is C28H27N2+. The van der Waals surface area contributed by atoms with Crippen LogP contribution in [0.1, 0.15) is 36.4 Å². The third kappa shape index (κ3) is 2.79. The summed E-state index contributed by atoms with van der Waals surface area (Å²) in [5.74, 6) is 0. The van der Waals surface area contributed by atoms with Crippen LogP contribution in [0.2, 0.25) is 0 Å². The zero-order valence-corrected chi connectivity index (χ0v) is 18.3. The molecule has 1 aliphatic carbocycles. The first-order valence-electron chi connectivity index (χ1n) is 10.6. The van der Waals surface area contributed by atoms with Crippen LogP contribution in [0.15, 0.2) is 72.9 Å². The monoisotopic (exact) mass is 391 g/mol. The third-order valence-corrected chi connectivity index (χ3v) is 6.47. The second-order valence-electron chi connectivity index (χ2n) is 8.97. The Morgan fingerprint density at radius 2 is 1.53 bits per heavy atom. The zero-order valence-electron chi connectivity index (χ0n) is 18.3. The van der Waals surface area contributed by atoms with Crippen LogP contribution in [0.25, 0.3) is 33.5 Å². The molecule has 0 amide bonds. The summed E-state index contributed by atoms with van der Waals surface area (Å²) < 4.78 is 2.24. The summed E-state index contributed by atoms with van der Waals surface area (Å²) in [5, 5.41) is 0. The average molecular weight is 392 g/mol. The van der Waals surface area contributed by atoms with E-state index in [2.05, 4.69) is 112 Å². The molecule has 5 rings (SSSR count). The molecule has 0 N–H and O–H groups in total. The van der Waals surface area contributed by atoms with Crippen molar-refractivity contribution in [3.63, 3.8) is 0 Å². The Labute approximate surface area is 178 Å². The summed E-state index contributed by atoms with van der Waals surface area (Å²) in [4.78, 5) is 4.91. The van der Waals surface area contributed by atoms with Gasteiger partial charge in [-0.3, -0.25) is 4.98 Å². The fourth-order valence-corrected chi connectivity index (χ4v) is 4.79. The minimum absolute atomic E-state index is 0.0701. The number of benzene rings is 2. The fraction of sp³-hybridized carbons (Fsp3) is 0.214. The maximum atomic E-state index is 4.91. The molecule has 0 radical (unpaired) electrons. The first-order chi connectivity index (χ1) is 14.4. The molecule has 0 unspecified atom stereocenters. The van der Waals surface area contributed by atoms with Crippen molar-refractivity contribution < 1.29 is 4.57 Å². The summed E-state index contributed by atoms with van der Waals surface area (Å²) >= 11 is 0. The molecular weight excluding hydrogens is 364 g/mol. The van der Waals surface area contributed by atoms with Crippen molar-refractivity contribution in [2.75, 3.05) is 0 Å². The molecule has 2 heterocycles. The number of fused-ring (bicyclic) bond motifs is 3. The second-order valence-corrected chi connectivity index (χ2v) is 8.97. The van der Waals surface area contributed by atoms with Crippen LogP contribution in [0.3, 0.4) is 0 Å². The molecule has 0 atom stereocenters.